The highest BCUT2D eigenvalue weighted by molar-refractivity contribution is 7.86. The normalized spacial score (nSPS) is 13.0. The van der Waals surface area contributed by atoms with Crippen LogP contribution >= 0.6 is 11.3 Å². The van der Waals surface area contributed by atoms with Gasteiger partial charge in [0.2, 0.25) is 0 Å². The minimum Gasteiger partial charge on any atom is -0.338 e. The van der Waals surface area contributed by atoms with Crippen LogP contribution in [0.1, 0.15) is 36.3 Å². The lowest BCUT2D eigenvalue weighted by Crippen LogP contribution is -2.39. The number of carbonyl (C=O) groups excluding carboxylic acids is 1. The van der Waals surface area contributed by atoms with Crippen molar-refractivity contribution in [2.24, 2.45) is 0 Å². The highest BCUT2D eigenvalue weighted by Crippen LogP contribution is 2.16. The fourth-order valence-electron chi connectivity index (χ4n) is 1.56. The van der Waals surface area contributed by atoms with Gasteiger partial charge in [0.1, 0.15) is 0 Å². The molecule has 2 amide bonds. The molecule has 0 saturated heterocycles. The number of nitrogens with zero attached hydrogens (tertiary/aromatic N) is 1. The lowest BCUT2D eigenvalue weighted by Gasteiger charge is -2.17. The molecular weight excluding hydrogens is 306 g/mol. The Labute approximate surface area is 133 Å². The standard InChI is InChI=1S/C14H25N3O2S2/c1-10-11(2)20-12(17-10)6-7-15-13(18)16-8-9-21(19)14(3,4)5/h6-9H2,1-5H3,(H2,15,16,18)/t21-/m0/s1. The maximum Gasteiger partial charge on any atom is 0.314 e. The number of nitrogens with one attached hydrogen (secondary N) is 2. The Morgan fingerprint density at radius 1 is 1.24 bits per heavy atom. The van der Waals surface area contributed by atoms with Gasteiger partial charge in [0.05, 0.1) is 10.7 Å². The van der Waals surface area contributed by atoms with Crippen molar-refractivity contribution >= 4 is 28.2 Å². The molecule has 0 radical (unpaired) electrons. The summed E-state index contributed by atoms with van der Waals surface area (Å²) >= 11 is 1.67. The van der Waals surface area contributed by atoms with E-state index in [9.17, 15) is 9.00 Å². The first-order valence-corrected chi connectivity index (χ1v) is 9.17. The van der Waals surface area contributed by atoms with Crippen molar-refractivity contribution in [1.82, 2.24) is 15.6 Å². The molecule has 0 fully saturated rings. The maximum absolute atomic E-state index is 11.8. The molecule has 1 aromatic rings. The molecule has 0 aliphatic carbocycles. The molecule has 0 aromatic carbocycles. The lowest BCUT2D eigenvalue weighted by atomic mass is 10.3. The number of carbonyl (C=O) groups is 1. The fraction of sp³-hybridized carbons (Fsp3) is 0.714. The van der Waals surface area contributed by atoms with Gasteiger partial charge in [0, 0.05) is 45.7 Å². The molecule has 5 nitrogen and oxygen atoms in total. The summed E-state index contributed by atoms with van der Waals surface area (Å²) in [6, 6.07) is -0.217. The summed E-state index contributed by atoms with van der Waals surface area (Å²) in [7, 11) is -0.940. The van der Waals surface area contributed by atoms with Crippen molar-refractivity contribution in [1.29, 1.82) is 0 Å². The Hall–Kier alpha value is -0.950. The summed E-state index contributed by atoms with van der Waals surface area (Å²) < 4.78 is 11.6. The van der Waals surface area contributed by atoms with E-state index < -0.39 is 10.8 Å². The van der Waals surface area contributed by atoms with Gasteiger partial charge in [-0.05, 0) is 34.6 Å². The Bertz CT molecular complexity index is 487. The van der Waals surface area contributed by atoms with Crippen LogP contribution in [0.25, 0.3) is 0 Å². The second kappa shape index (κ2) is 7.89. The van der Waals surface area contributed by atoms with Gasteiger partial charge >= 0.3 is 6.03 Å². The van der Waals surface area contributed by atoms with E-state index in [1.807, 2.05) is 34.6 Å². The average Bonchev–Trinajstić information content (AvgIpc) is 2.67. The fourth-order valence-corrected chi connectivity index (χ4v) is 3.39. The topological polar surface area (TPSA) is 71.1 Å². The smallest absolute Gasteiger partial charge is 0.314 e. The molecule has 7 heteroatoms. The van der Waals surface area contributed by atoms with Crippen LogP contribution in [0.4, 0.5) is 4.79 Å². The molecule has 1 rings (SSSR count). The van der Waals surface area contributed by atoms with Crippen molar-refractivity contribution in [3.05, 3.63) is 15.6 Å². The second-order valence-electron chi connectivity index (χ2n) is 5.84. The minimum absolute atomic E-state index is 0.217. The van der Waals surface area contributed by atoms with Gasteiger partial charge in [-0.3, -0.25) is 4.21 Å². The number of amides is 2. The van der Waals surface area contributed by atoms with Crippen molar-refractivity contribution in [3.8, 4) is 0 Å². The molecular formula is C14H25N3O2S2. The zero-order valence-corrected chi connectivity index (χ0v) is 15.0. The summed E-state index contributed by atoms with van der Waals surface area (Å²) in [5, 5.41) is 6.56. The second-order valence-corrected chi connectivity index (χ2v) is 9.46. The van der Waals surface area contributed by atoms with Crippen LogP contribution in [0.3, 0.4) is 0 Å². The summed E-state index contributed by atoms with van der Waals surface area (Å²) in [6.07, 6.45) is 0.737. The third kappa shape index (κ3) is 6.56. The van der Waals surface area contributed by atoms with Crippen LogP contribution in [0, 0.1) is 13.8 Å². The molecule has 2 N–H and O–H groups in total. The zero-order valence-electron chi connectivity index (χ0n) is 13.4. The van der Waals surface area contributed by atoms with Gasteiger partial charge in [-0.25, -0.2) is 9.78 Å². The first-order valence-electron chi connectivity index (χ1n) is 7.03. The monoisotopic (exact) mass is 331 g/mol. The maximum atomic E-state index is 11.8. The van der Waals surface area contributed by atoms with Gasteiger partial charge in [-0.2, -0.15) is 0 Å². The number of hydrogen-bond acceptors (Lipinski definition) is 4. The van der Waals surface area contributed by atoms with Crippen LogP contribution in [0.5, 0.6) is 0 Å². The molecule has 120 valence electrons. The van der Waals surface area contributed by atoms with Crippen LogP contribution in [-0.4, -0.2) is 38.8 Å². The molecule has 0 saturated carbocycles. The van der Waals surface area contributed by atoms with E-state index in [0.29, 0.717) is 18.8 Å². The van der Waals surface area contributed by atoms with Crippen LogP contribution in [-0.2, 0) is 17.2 Å². The number of rotatable bonds is 6. The van der Waals surface area contributed by atoms with Gasteiger partial charge in [-0.1, -0.05) is 0 Å². The predicted octanol–water partition coefficient (Wildman–Crippen LogP) is 2.15. The van der Waals surface area contributed by atoms with E-state index in [1.165, 1.54) is 4.88 Å². The molecule has 0 spiro atoms. The highest BCUT2D eigenvalue weighted by Gasteiger charge is 2.18. The molecule has 21 heavy (non-hydrogen) atoms. The highest BCUT2D eigenvalue weighted by atomic mass is 32.2. The zero-order chi connectivity index (χ0) is 16.0. The third-order valence-corrected chi connectivity index (χ3v) is 6.03. The summed E-state index contributed by atoms with van der Waals surface area (Å²) in [5.41, 5.74) is 1.06. The largest absolute Gasteiger partial charge is 0.338 e. The Balaban J connectivity index is 2.18. The van der Waals surface area contributed by atoms with Crippen molar-refractivity contribution in [2.75, 3.05) is 18.8 Å². The number of thiazole rings is 1. The number of aryl methyl sites for hydroxylation is 2. The van der Waals surface area contributed by atoms with E-state index in [2.05, 4.69) is 15.6 Å². The summed E-state index contributed by atoms with van der Waals surface area (Å²) in [5.74, 6) is 0.474. The van der Waals surface area contributed by atoms with Crippen molar-refractivity contribution in [2.45, 2.75) is 45.8 Å². The van der Waals surface area contributed by atoms with Crippen molar-refractivity contribution in [3.63, 3.8) is 0 Å². The molecule has 0 aliphatic rings. The number of aromatic nitrogens is 1. The van der Waals surface area contributed by atoms with Crippen LogP contribution in [0.2, 0.25) is 0 Å². The minimum atomic E-state index is -0.940. The SMILES string of the molecule is Cc1nc(CCNC(=O)NCC[S@](=O)C(C)(C)C)sc1C. The molecule has 1 atom stereocenters. The van der Waals surface area contributed by atoms with E-state index >= 15 is 0 Å². The van der Waals surface area contributed by atoms with E-state index in [1.54, 1.807) is 11.3 Å². The quantitative estimate of drug-likeness (QED) is 0.839. The Kier molecular flexibility index (Phi) is 6.80. The summed E-state index contributed by atoms with van der Waals surface area (Å²) in [4.78, 5) is 17.2. The molecule has 0 bridgehead atoms. The first kappa shape index (κ1) is 18.1. The predicted molar refractivity (Wildman–Crippen MR) is 89.5 cm³/mol. The Morgan fingerprint density at radius 3 is 2.38 bits per heavy atom. The molecule has 1 aromatic heterocycles. The molecule has 0 unspecified atom stereocenters. The Morgan fingerprint density at radius 2 is 1.86 bits per heavy atom. The van der Waals surface area contributed by atoms with Crippen LogP contribution < -0.4 is 10.6 Å². The van der Waals surface area contributed by atoms with Crippen molar-refractivity contribution < 1.29 is 9.00 Å². The van der Waals surface area contributed by atoms with E-state index in [0.717, 1.165) is 17.1 Å². The van der Waals surface area contributed by atoms with Gasteiger partial charge in [0.25, 0.3) is 0 Å². The van der Waals surface area contributed by atoms with E-state index in [-0.39, 0.29) is 10.8 Å². The average molecular weight is 332 g/mol. The number of urea groups is 1. The number of hydrogen-bond donors (Lipinski definition) is 2. The van der Waals surface area contributed by atoms with Gasteiger partial charge in [0.15, 0.2) is 0 Å². The molecule has 1 heterocycles. The molecule has 0 aliphatic heterocycles. The third-order valence-electron chi connectivity index (χ3n) is 2.95. The van der Waals surface area contributed by atoms with Crippen LogP contribution in [0.15, 0.2) is 0 Å². The van der Waals surface area contributed by atoms with Gasteiger partial charge in [-0.15, -0.1) is 11.3 Å². The lowest BCUT2D eigenvalue weighted by molar-refractivity contribution is 0.241. The van der Waals surface area contributed by atoms with E-state index in [4.69, 9.17) is 0 Å². The van der Waals surface area contributed by atoms with Gasteiger partial charge < -0.3 is 10.6 Å². The summed E-state index contributed by atoms with van der Waals surface area (Å²) in [6.45, 7) is 10.8. The first-order chi connectivity index (χ1) is 9.70.